The number of hydrogen-bond acceptors (Lipinski definition) is 6. The van der Waals surface area contributed by atoms with E-state index in [1.807, 2.05) is 43.3 Å². The average Bonchev–Trinajstić information content (AvgIpc) is 3.31. The minimum atomic E-state index is -5.82. The second-order valence-corrected chi connectivity index (χ2v) is 24.2. The quantitative estimate of drug-likeness (QED) is 0.0376. The Bertz CT molecular complexity index is 3250. The Balaban J connectivity index is 1.38. The predicted molar refractivity (Wildman–Crippen MR) is 279 cm³/mol. The number of halogens is 4. The van der Waals surface area contributed by atoms with Crippen LogP contribution in [0.25, 0.3) is 11.6 Å². The van der Waals surface area contributed by atoms with E-state index < -0.39 is 58.0 Å². The number of benzene rings is 6. The maximum atomic E-state index is 15.7. The zero-order valence-electron chi connectivity index (χ0n) is 41.9. The monoisotopic (exact) mass is 1030 g/mol. The molecule has 6 aromatic rings. The first-order valence-corrected chi connectivity index (χ1v) is 28.4. The Hall–Kier alpha value is -5.21. The van der Waals surface area contributed by atoms with Gasteiger partial charge >= 0.3 is 0 Å². The summed E-state index contributed by atoms with van der Waals surface area (Å²) in [5.41, 5.74) is 8.95. The molecule has 0 aromatic heterocycles. The van der Waals surface area contributed by atoms with Gasteiger partial charge in [0.15, 0.2) is 28.2 Å². The molecule has 1 aliphatic heterocycles. The number of hydrogen-bond donors (Lipinski definition) is 1. The molecule has 6 aromatic carbocycles. The van der Waals surface area contributed by atoms with Crippen LogP contribution in [0.1, 0.15) is 168 Å². The molecule has 7 rings (SSSR count). The fourth-order valence-electron chi connectivity index (χ4n) is 9.47. The Morgan fingerprint density at radius 3 is 1.76 bits per heavy atom. The van der Waals surface area contributed by atoms with Crippen molar-refractivity contribution in [3.8, 4) is 11.5 Å². The number of thioether (sulfide) groups is 1. The Kier molecular flexibility index (Phi) is 16.8. The molecule has 0 saturated carbocycles. The highest BCUT2D eigenvalue weighted by atomic mass is 32.3. The summed E-state index contributed by atoms with van der Waals surface area (Å²) in [7, 11) is -11.1. The Morgan fingerprint density at radius 1 is 0.592 bits per heavy atom. The summed E-state index contributed by atoms with van der Waals surface area (Å²) in [5.74, 6) is -6.40. The highest BCUT2D eigenvalue weighted by Crippen LogP contribution is 2.41. The van der Waals surface area contributed by atoms with Crippen LogP contribution in [0.2, 0.25) is 0 Å². The van der Waals surface area contributed by atoms with Crippen LogP contribution in [0.3, 0.4) is 0 Å². The van der Waals surface area contributed by atoms with Crippen LogP contribution >= 0.6 is 11.8 Å². The third-order valence-corrected chi connectivity index (χ3v) is 17.7. The van der Waals surface area contributed by atoms with E-state index in [1.165, 1.54) is 44.1 Å². The lowest BCUT2D eigenvalue weighted by Gasteiger charge is -2.24. The van der Waals surface area contributed by atoms with E-state index in [2.05, 4.69) is 97.9 Å². The lowest BCUT2D eigenvalue weighted by Crippen LogP contribution is -2.33. The van der Waals surface area contributed by atoms with E-state index in [-0.39, 0.29) is 35.0 Å². The standard InChI is InChI=1S/C58H63F4NO5S3/c1-10-11-12-13-16-29-69-57-53(59)55(61)58(56(62)54(57)60)71(66,67)63-70(64,65)51-24-15-14-19-46(51)52-44-27-25-38(30-47-40(34(2)3)20-17-21-41(47)35(4)5)32-49(44)68-50-33-39(26-28-45(50)52)31-48-42(36(6)7)22-18-23-43(48)37(8)9/h14-15,17-28,30,32-37,63H,10-13,16,29,31H2,1-9H3/b38-30+. The second kappa shape index (κ2) is 22.3. The average molecular weight is 1030 g/mol. The van der Waals surface area contributed by atoms with Gasteiger partial charge in [0.1, 0.15) is 11.5 Å². The van der Waals surface area contributed by atoms with E-state index >= 15 is 17.6 Å². The molecule has 0 unspecified atom stereocenters. The molecule has 0 aliphatic carbocycles. The maximum Gasteiger partial charge on any atom is 0.259 e. The van der Waals surface area contributed by atoms with Crippen molar-refractivity contribution in [3.05, 3.63) is 181 Å². The van der Waals surface area contributed by atoms with Gasteiger partial charge in [-0.05, 0) is 117 Å². The van der Waals surface area contributed by atoms with E-state index in [0.29, 0.717) is 52.5 Å². The zero-order valence-corrected chi connectivity index (χ0v) is 44.3. The summed E-state index contributed by atoms with van der Waals surface area (Å²) in [5, 5.41) is 1.31. The van der Waals surface area contributed by atoms with Crippen LogP contribution in [0.5, 0.6) is 11.5 Å². The molecular formula is C58H63F4NO5S3. The van der Waals surface area contributed by atoms with E-state index in [1.54, 1.807) is 6.07 Å². The molecule has 0 spiro atoms. The van der Waals surface area contributed by atoms with Crippen LogP contribution in [-0.4, -0.2) is 22.6 Å². The fraction of sp³-hybridized carbons (Fsp3) is 0.345. The molecule has 0 radical (unpaired) electrons. The number of unbranched alkanes of at least 4 members (excludes halogenated alkanes) is 4. The molecule has 0 saturated heterocycles. The first-order valence-electron chi connectivity index (χ1n) is 24.4. The van der Waals surface area contributed by atoms with Crippen molar-refractivity contribution in [2.75, 3.05) is 5.75 Å². The topological polar surface area (TPSA) is 89.5 Å². The van der Waals surface area contributed by atoms with Crippen molar-refractivity contribution in [1.29, 1.82) is 0 Å². The first kappa shape index (κ1) is 53.6. The third-order valence-electron chi connectivity index (χ3n) is 13.0. The first-order chi connectivity index (χ1) is 33.7. The van der Waals surface area contributed by atoms with Gasteiger partial charge in [0.2, 0.25) is 0 Å². The molecule has 1 N–H and O–H groups in total. The van der Waals surface area contributed by atoms with E-state index in [4.69, 9.17) is 4.74 Å². The van der Waals surface area contributed by atoms with Crippen LogP contribution in [0.15, 0.2) is 112 Å². The lowest BCUT2D eigenvalue weighted by atomic mass is 9.85. The van der Waals surface area contributed by atoms with Gasteiger partial charge in [0, 0.05) is 21.9 Å². The number of fused-ring (bicyclic) bond motifs is 2. The maximum absolute atomic E-state index is 15.7. The summed E-state index contributed by atoms with van der Waals surface area (Å²) >= 11 is 0.526. The molecule has 0 amide bonds. The van der Waals surface area contributed by atoms with Crippen molar-refractivity contribution >= 4 is 43.5 Å². The molecule has 1 heterocycles. The molecule has 6 nitrogen and oxygen atoms in total. The van der Waals surface area contributed by atoms with Gasteiger partial charge in [-0.3, -0.25) is 0 Å². The van der Waals surface area contributed by atoms with Crippen molar-refractivity contribution in [2.45, 2.75) is 139 Å². The van der Waals surface area contributed by atoms with Gasteiger partial charge in [-0.25, -0.2) is 34.4 Å². The molecule has 13 heteroatoms. The van der Waals surface area contributed by atoms with Crippen LogP contribution in [0, 0.1) is 23.3 Å². The summed E-state index contributed by atoms with van der Waals surface area (Å²) in [6.07, 6.45) is 6.74. The lowest BCUT2D eigenvalue weighted by molar-refractivity contribution is 0.395. The summed E-state index contributed by atoms with van der Waals surface area (Å²) in [6.45, 7) is 19.3. The van der Waals surface area contributed by atoms with Gasteiger partial charge in [0.05, 0.1) is 9.79 Å². The van der Waals surface area contributed by atoms with Crippen LogP contribution in [-0.2, 0) is 26.5 Å². The summed E-state index contributed by atoms with van der Waals surface area (Å²) < 4.78 is 127. The SMILES string of the molecule is CCCCCCCSc1c(F)c(F)c(S(=O)(=O)NS(=O)(=O)c2ccccc2C2=c3cc/c(=C\c4c(C(C)C)cccc4C(C)C)cc3Oc3cc(Cc4c(C(C)C)cccc4C(C)C)ccc32)c(F)c1F. The minimum absolute atomic E-state index is 0.0361. The van der Waals surface area contributed by atoms with Gasteiger partial charge in [-0.15, -0.1) is 15.9 Å². The van der Waals surface area contributed by atoms with Gasteiger partial charge in [0.25, 0.3) is 20.0 Å². The highest BCUT2D eigenvalue weighted by molar-refractivity contribution is 8.04. The number of ether oxygens (including phenoxy) is 1. The van der Waals surface area contributed by atoms with E-state index in [9.17, 15) is 16.8 Å². The van der Waals surface area contributed by atoms with Crippen molar-refractivity contribution in [3.63, 3.8) is 0 Å². The molecule has 0 atom stereocenters. The fourth-order valence-corrected chi connectivity index (χ4v) is 13.7. The smallest absolute Gasteiger partial charge is 0.259 e. The molecule has 71 heavy (non-hydrogen) atoms. The number of sulfonamides is 2. The molecule has 376 valence electrons. The van der Waals surface area contributed by atoms with Crippen molar-refractivity contribution < 1.29 is 39.1 Å². The van der Waals surface area contributed by atoms with Crippen molar-refractivity contribution in [2.24, 2.45) is 0 Å². The second-order valence-electron chi connectivity index (χ2n) is 19.5. The summed E-state index contributed by atoms with van der Waals surface area (Å²) in [4.78, 5) is -3.67. The van der Waals surface area contributed by atoms with Crippen molar-refractivity contribution in [1.82, 2.24) is 4.13 Å². The van der Waals surface area contributed by atoms with Gasteiger partial charge < -0.3 is 4.74 Å². The largest absolute Gasteiger partial charge is 0.456 e. The normalized spacial score (nSPS) is 13.1. The molecule has 0 fully saturated rings. The number of nitrogens with one attached hydrogen (secondary N) is 1. The zero-order chi connectivity index (χ0) is 51.5. The van der Waals surface area contributed by atoms with Crippen LogP contribution < -0.4 is 19.3 Å². The van der Waals surface area contributed by atoms with Gasteiger partial charge in [-0.1, -0.05) is 161 Å². The predicted octanol–water partition coefficient (Wildman–Crippen LogP) is 14.2. The molecule has 1 aliphatic rings. The third kappa shape index (κ3) is 11.4. The number of rotatable bonds is 19. The Labute approximate surface area is 421 Å². The molecular weight excluding hydrogens is 963 g/mol. The summed E-state index contributed by atoms with van der Waals surface area (Å²) in [6, 6.07) is 29.7. The van der Waals surface area contributed by atoms with Crippen LogP contribution in [0.4, 0.5) is 17.6 Å². The van der Waals surface area contributed by atoms with E-state index in [0.717, 1.165) is 48.1 Å². The molecule has 0 bridgehead atoms. The Morgan fingerprint density at radius 2 is 1.17 bits per heavy atom. The minimum Gasteiger partial charge on any atom is -0.456 e. The van der Waals surface area contributed by atoms with Gasteiger partial charge in [-0.2, -0.15) is 0 Å². The highest BCUT2D eigenvalue weighted by Gasteiger charge is 2.37.